The molecule has 2 N–H and O–H groups in total. The molecule has 3 aromatic rings. The number of aliphatic hydroxyl groups excluding tert-OH is 1. The Morgan fingerprint density at radius 1 is 0.707 bits per heavy atom. The molecular formula is C44H62N2O12. The fraction of sp³-hybridized carbons (Fsp3) is 0.614. The molecule has 58 heavy (non-hydrogen) atoms. The number of carbonyl (C=O) groups is 4. The minimum atomic E-state index is -1.50. The molecule has 2 aromatic carbocycles. The molecule has 0 aliphatic carbocycles. The Kier molecular flexibility index (Phi) is 14.7. The average Bonchev–Trinajstić information content (AvgIpc) is 3.54. The number of nitrogens with zero attached hydrogens (tertiary/aromatic N) is 1. The summed E-state index contributed by atoms with van der Waals surface area (Å²) in [7, 11) is 0. The van der Waals surface area contributed by atoms with E-state index in [2.05, 4.69) is 10.2 Å². The molecule has 0 spiro atoms. The van der Waals surface area contributed by atoms with E-state index >= 15 is 0 Å². The van der Waals surface area contributed by atoms with Gasteiger partial charge in [0.1, 0.15) is 18.5 Å². The minimum Gasteiger partial charge on any atom is -0.494 e. The molecule has 1 aromatic heterocycles. The van der Waals surface area contributed by atoms with Gasteiger partial charge in [-0.1, -0.05) is 24.3 Å². The number of rotatable bonds is 14. The van der Waals surface area contributed by atoms with Gasteiger partial charge in [-0.25, -0.2) is 0 Å². The molecule has 0 amide bonds. The van der Waals surface area contributed by atoms with Crippen molar-refractivity contribution in [3.8, 4) is 11.6 Å². The number of ether oxygens (including phenoxy) is 7. The fourth-order valence-electron chi connectivity index (χ4n) is 5.59. The van der Waals surface area contributed by atoms with Crippen LogP contribution < -0.4 is 9.47 Å². The van der Waals surface area contributed by atoms with Gasteiger partial charge in [0.2, 0.25) is 18.3 Å². The second kappa shape index (κ2) is 18.5. The summed E-state index contributed by atoms with van der Waals surface area (Å²) in [5.41, 5.74) is -1.30. The maximum atomic E-state index is 13.7. The van der Waals surface area contributed by atoms with Crippen molar-refractivity contribution in [3.63, 3.8) is 0 Å². The smallest absolute Gasteiger partial charge is 0.311 e. The zero-order valence-corrected chi connectivity index (χ0v) is 36.1. The molecule has 5 atom stereocenters. The average molecular weight is 811 g/mol. The van der Waals surface area contributed by atoms with Crippen molar-refractivity contribution in [2.75, 3.05) is 19.8 Å². The van der Waals surface area contributed by atoms with Crippen LogP contribution in [0.5, 0.6) is 11.6 Å². The van der Waals surface area contributed by atoms with Crippen molar-refractivity contribution >= 4 is 34.8 Å². The number of carbonyl (C=O) groups excluding carboxylic acids is 4. The maximum Gasteiger partial charge on any atom is 0.311 e. The largest absolute Gasteiger partial charge is 0.494 e. The minimum absolute atomic E-state index is 0.0605. The van der Waals surface area contributed by atoms with Crippen LogP contribution >= 0.6 is 0 Å². The van der Waals surface area contributed by atoms with Crippen molar-refractivity contribution in [2.24, 2.45) is 21.7 Å². The number of aromatic nitrogens is 2. The maximum absolute atomic E-state index is 13.7. The molecule has 320 valence electrons. The topological polar surface area (TPSA) is 182 Å². The number of hydrogen-bond acceptors (Lipinski definition) is 13. The van der Waals surface area contributed by atoms with Crippen LogP contribution in [0.15, 0.2) is 42.5 Å². The predicted octanol–water partition coefficient (Wildman–Crippen LogP) is 6.68. The van der Waals surface area contributed by atoms with Crippen LogP contribution in [0.3, 0.4) is 0 Å². The molecule has 14 heteroatoms. The van der Waals surface area contributed by atoms with E-state index in [-0.39, 0.29) is 12.5 Å². The van der Waals surface area contributed by atoms with Gasteiger partial charge in [0.05, 0.1) is 39.2 Å². The number of esters is 4. The standard InChI is InChI=1S/C44H62N2O12/c1-41(2,3)37(48)53-25-30-32(55-38(49)42(4,5)6)33(56-39(50)43(7,8)9)34(57-40(51)44(10,11)12)36(54-30)58-35-31-27(15-13-16-29(31)45-46-35)20-17-26-18-21-28(22-19-26)52-24-14-23-47/h13,15-16,18-19,21-22,30,32-34,36,47H,14,17,20,23-25H2,1-12H3,(H,45,46)/t30-,32-,33+,34-,36+/m1/s1. The number of hydrogen-bond donors (Lipinski definition) is 2. The van der Waals surface area contributed by atoms with E-state index in [1.165, 1.54) is 0 Å². The summed E-state index contributed by atoms with van der Waals surface area (Å²) >= 11 is 0. The highest BCUT2D eigenvalue weighted by Gasteiger charge is 2.56. The SMILES string of the molecule is CC(C)(C)C(=O)OC[C@H]1O[C@@H](Oc2n[nH]c3cccc(CCc4ccc(OCCCO)cc4)c23)[C@H](OC(=O)C(C)(C)C)[C@@H](OC(=O)C(C)(C)C)[C@@H]1OC(=O)C(C)(C)C. The van der Waals surface area contributed by atoms with Crippen molar-refractivity contribution < 1.29 is 57.4 Å². The van der Waals surface area contributed by atoms with E-state index in [0.29, 0.717) is 42.5 Å². The third-order valence-electron chi connectivity index (χ3n) is 9.20. The first-order valence-electron chi connectivity index (χ1n) is 19.8. The molecule has 2 heterocycles. The Morgan fingerprint density at radius 3 is 1.81 bits per heavy atom. The van der Waals surface area contributed by atoms with Crippen molar-refractivity contribution in [2.45, 2.75) is 133 Å². The molecule has 14 nitrogen and oxygen atoms in total. The summed E-state index contributed by atoms with van der Waals surface area (Å²) in [5.74, 6) is -1.70. The van der Waals surface area contributed by atoms with Gasteiger partial charge < -0.3 is 38.3 Å². The molecule has 1 aliphatic heterocycles. The van der Waals surface area contributed by atoms with E-state index in [4.69, 9.17) is 38.3 Å². The van der Waals surface area contributed by atoms with Crippen molar-refractivity contribution in [1.82, 2.24) is 10.2 Å². The molecule has 0 bridgehead atoms. The Balaban J connectivity index is 1.78. The molecule has 0 radical (unpaired) electrons. The first-order chi connectivity index (χ1) is 26.9. The van der Waals surface area contributed by atoms with Gasteiger partial charge in [-0.3, -0.25) is 24.3 Å². The Hall–Kier alpha value is -4.69. The lowest BCUT2D eigenvalue weighted by Gasteiger charge is -2.45. The molecule has 1 saturated heterocycles. The van der Waals surface area contributed by atoms with Crippen LogP contribution in [-0.2, 0) is 55.7 Å². The lowest BCUT2D eigenvalue weighted by atomic mass is 9.93. The summed E-state index contributed by atoms with van der Waals surface area (Å²) in [6, 6.07) is 13.5. The quantitative estimate of drug-likeness (QED) is 0.100. The molecule has 0 unspecified atom stereocenters. The van der Waals surface area contributed by atoms with Gasteiger partial charge in [0, 0.05) is 13.0 Å². The van der Waals surface area contributed by atoms with Crippen molar-refractivity contribution in [3.05, 3.63) is 53.6 Å². The van der Waals surface area contributed by atoms with Gasteiger partial charge in [0.25, 0.3) is 0 Å². The number of fused-ring (bicyclic) bond motifs is 1. The van der Waals surface area contributed by atoms with Gasteiger partial charge in [-0.2, -0.15) is 0 Å². The summed E-state index contributed by atoms with van der Waals surface area (Å²) in [6.45, 7) is 20.1. The number of aromatic amines is 1. The fourth-order valence-corrected chi connectivity index (χ4v) is 5.59. The zero-order chi connectivity index (χ0) is 43.2. The van der Waals surface area contributed by atoms with E-state index in [1.807, 2.05) is 42.5 Å². The second-order valence-corrected chi connectivity index (χ2v) is 18.8. The van der Waals surface area contributed by atoms with Crippen LogP contribution in [0.25, 0.3) is 10.9 Å². The zero-order valence-electron chi connectivity index (χ0n) is 36.1. The van der Waals surface area contributed by atoms with Crippen molar-refractivity contribution in [1.29, 1.82) is 0 Å². The monoisotopic (exact) mass is 810 g/mol. The molecule has 4 rings (SSSR count). The number of benzene rings is 2. The van der Waals surface area contributed by atoms with E-state index in [9.17, 15) is 19.2 Å². The number of H-pyrrole nitrogens is 1. The van der Waals surface area contributed by atoms with Gasteiger partial charge in [-0.15, -0.1) is 5.10 Å². The van der Waals surface area contributed by atoms with Gasteiger partial charge in [0.15, 0.2) is 12.2 Å². The highest BCUT2D eigenvalue weighted by atomic mass is 16.7. The van der Waals surface area contributed by atoms with Crippen LogP contribution in [0.2, 0.25) is 0 Å². The lowest BCUT2D eigenvalue weighted by molar-refractivity contribution is -0.294. The van der Waals surface area contributed by atoms with E-state index in [0.717, 1.165) is 11.1 Å². The highest BCUT2D eigenvalue weighted by molar-refractivity contribution is 5.87. The molecular weight excluding hydrogens is 748 g/mol. The summed E-state index contributed by atoms with van der Waals surface area (Å²) in [6.07, 6.45) is -5.29. The summed E-state index contributed by atoms with van der Waals surface area (Å²) in [5, 5.41) is 17.2. The summed E-state index contributed by atoms with van der Waals surface area (Å²) < 4.78 is 42.8. The van der Waals surface area contributed by atoms with E-state index < -0.39 is 82.8 Å². The highest BCUT2D eigenvalue weighted by Crippen LogP contribution is 2.37. The molecule has 1 fully saturated rings. The first kappa shape index (κ1) is 46.0. The van der Waals surface area contributed by atoms with Crippen LogP contribution in [0, 0.1) is 21.7 Å². The Morgan fingerprint density at radius 2 is 1.26 bits per heavy atom. The molecule has 1 aliphatic rings. The predicted molar refractivity (Wildman–Crippen MR) is 215 cm³/mol. The Labute approximate surface area is 341 Å². The molecule has 0 saturated carbocycles. The second-order valence-electron chi connectivity index (χ2n) is 18.8. The number of aryl methyl sites for hydroxylation is 2. The normalized spacial score (nSPS) is 20.3. The number of nitrogens with one attached hydrogen (secondary N) is 1. The van der Waals surface area contributed by atoms with E-state index in [1.54, 1.807) is 83.1 Å². The van der Waals surface area contributed by atoms with Gasteiger partial charge >= 0.3 is 23.9 Å². The summed E-state index contributed by atoms with van der Waals surface area (Å²) in [4.78, 5) is 54.0. The van der Waals surface area contributed by atoms with Crippen LogP contribution in [0.4, 0.5) is 0 Å². The van der Waals surface area contributed by atoms with Gasteiger partial charge in [-0.05, 0) is 125 Å². The lowest BCUT2D eigenvalue weighted by Crippen LogP contribution is -2.65. The Bertz CT molecular complexity index is 1880. The third-order valence-corrected chi connectivity index (χ3v) is 9.20. The van der Waals surface area contributed by atoms with Crippen LogP contribution in [0.1, 0.15) is 101 Å². The van der Waals surface area contributed by atoms with Crippen LogP contribution in [-0.4, -0.2) is 89.7 Å². The number of aliphatic hydroxyl groups is 1. The third kappa shape index (κ3) is 12.2. The first-order valence-corrected chi connectivity index (χ1v) is 19.8.